The van der Waals surface area contributed by atoms with E-state index in [-0.39, 0.29) is 17.9 Å². The lowest BCUT2D eigenvalue weighted by Crippen LogP contribution is -2.51. The second-order valence-corrected chi connectivity index (χ2v) is 6.45. The van der Waals surface area contributed by atoms with E-state index in [0.717, 1.165) is 38.6 Å². The van der Waals surface area contributed by atoms with Crippen LogP contribution < -0.4 is 5.73 Å². The Balaban J connectivity index is 1.69. The molecule has 1 unspecified atom stereocenters. The smallest absolute Gasteiger partial charge is 0.226 e. The van der Waals surface area contributed by atoms with Gasteiger partial charge in [0.15, 0.2) is 0 Å². The number of hydrogen-bond donors (Lipinski definition) is 1. The Morgan fingerprint density at radius 3 is 2.83 bits per heavy atom. The van der Waals surface area contributed by atoms with Crippen LogP contribution in [-0.4, -0.2) is 29.2 Å². The van der Waals surface area contributed by atoms with Crippen molar-refractivity contribution in [3.05, 3.63) is 29.3 Å². The van der Waals surface area contributed by atoms with Gasteiger partial charge in [0.2, 0.25) is 5.91 Å². The number of halogens is 1. The van der Waals surface area contributed by atoms with E-state index in [1.165, 1.54) is 0 Å². The third kappa shape index (κ3) is 4.07. The van der Waals surface area contributed by atoms with Crippen LogP contribution >= 0.6 is 11.6 Å². The number of carbonyl (C=O) groups is 1. The molecule has 2 N–H and O–H groups in total. The minimum Gasteiger partial charge on any atom is -0.384 e. The van der Waals surface area contributed by atoms with Gasteiger partial charge in [-0.1, -0.05) is 17.7 Å². The lowest BCUT2D eigenvalue weighted by atomic mass is 10.0. The van der Waals surface area contributed by atoms with Crippen molar-refractivity contribution in [1.82, 2.24) is 4.90 Å². The number of nitrogens with two attached hydrogens (primary N) is 1. The van der Waals surface area contributed by atoms with Gasteiger partial charge in [-0.25, -0.2) is 0 Å². The standard InChI is InChI=1S/C16H20ClN5O/c17-12-4-3-5-13(10-12)19-21-20-15(18)14-6-1-2-9-22(14)16(23)11-7-8-11/h3-5,10-11,14H,1-2,6-9H2,(H2,18,19,20). The molecule has 0 radical (unpaired) electrons. The summed E-state index contributed by atoms with van der Waals surface area (Å²) in [5, 5.41) is 12.4. The molecule has 1 aliphatic heterocycles. The summed E-state index contributed by atoms with van der Waals surface area (Å²) >= 11 is 5.89. The number of piperidine rings is 1. The summed E-state index contributed by atoms with van der Waals surface area (Å²) in [5.41, 5.74) is 6.68. The summed E-state index contributed by atoms with van der Waals surface area (Å²) in [7, 11) is 0. The second-order valence-electron chi connectivity index (χ2n) is 6.01. The van der Waals surface area contributed by atoms with Gasteiger partial charge >= 0.3 is 0 Å². The maximum Gasteiger partial charge on any atom is 0.226 e. The number of rotatable bonds is 4. The molecule has 122 valence electrons. The van der Waals surface area contributed by atoms with Gasteiger partial charge in [-0.15, -0.1) is 10.2 Å². The third-order valence-electron chi connectivity index (χ3n) is 4.18. The van der Waals surface area contributed by atoms with Crippen LogP contribution in [0, 0.1) is 5.92 Å². The molecule has 1 aromatic rings. The van der Waals surface area contributed by atoms with Crippen LogP contribution in [0.25, 0.3) is 0 Å². The van der Waals surface area contributed by atoms with Crippen molar-refractivity contribution in [3.63, 3.8) is 0 Å². The van der Waals surface area contributed by atoms with E-state index in [2.05, 4.69) is 15.4 Å². The predicted molar refractivity (Wildman–Crippen MR) is 89.7 cm³/mol. The monoisotopic (exact) mass is 333 g/mol. The number of nitrogens with zero attached hydrogens (tertiary/aromatic N) is 4. The maximum absolute atomic E-state index is 12.4. The van der Waals surface area contributed by atoms with Crippen molar-refractivity contribution in [1.29, 1.82) is 0 Å². The van der Waals surface area contributed by atoms with E-state index < -0.39 is 0 Å². The molecule has 6 nitrogen and oxygen atoms in total. The van der Waals surface area contributed by atoms with Gasteiger partial charge in [0.1, 0.15) is 5.84 Å². The molecule has 2 aliphatic rings. The van der Waals surface area contributed by atoms with Gasteiger partial charge in [-0.05, 0) is 55.5 Å². The number of carbonyl (C=O) groups excluding carboxylic acids is 1. The van der Waals surface area contributed by atoms with Crippen molar-refractivity contribution < 1.29 is 4.79 Å². The number of hydrogen-bond acceptors (Lipinski definition) is 3. The van der Waals surface area contributed by atoms with Crippen LogP contribution in [0.2, 0.25) is 5.02 Å². The molecule has 0 spiro atoms. The lowest BCUT2D eigenvalue weighted by molar-refractivity contribution is -0.134. The maximum atomic E-state index is 12.4. The first-order valence-corrected chi connectivity index (χ1v) is 8.33. The average Bonchev–Trinajstić information content (AvgIpc) is 3.39. The van der Waals surface area contributed by atoms with Gasteiger partial charge in [0.05, 0.1) is 11.7 Å². The molecule has 1 atom stereocenters. The number of amidine groups is 1. The average molecular weight is 334 g/mol. The van der Waals surface area contributed by atoms with Crippen LogP contribution in [0.15, 0.2) is 39.7 Å². The highest BCUT2D eigenvalue weighted by atomic mass is 35.5. The zero-order valence-corrected chi connectivity index (χ0v) is 13.6. The second kappa shape index (κ2) is 7.08. The van der Waals surface area contributed by atoms with Gasteiger partial charge in [0.25, 0.3) is 0 Å². The number of amides is 1. The van der Waals surface area contributed by atoms with E-state index in [1.54, 1.807) is 24.3 Å². The largest absolute Gasteiger partial charge is 0.384 e. The van der Waals surface area contributed by atoms with Crippen LogP contribution in [-0.2, 0) is 4.79 Å². The van der Waals surface area contributed by atoms with E-state index in [0.29, 0.717) is 16.5 Å². The molecule has 0 aromatic heterocycles. The normalized spacial score (nSPS) is 22.6. The van der Waals surface area contributed by atoms with E-state index in [4.69, 9.17) is 17.3 Å². The van der Waals surface area contributed by atoms with Crippen molar-refractivity contribution in [2.75, 3.05) is 6.54 Å². The molecule has 7 heteroatoms. The van der Waals surface area contributed by atoms with Crippen LogP contribution in [0.4, 0.5) is 5.69 Å². The van der Waals surface area contributed by atoms with Crippen LogP contribution in [0.5, 0.6) is 0 Å². The Morgan fingerprint density at radius 2 is 2.09 bits per heavy atom. The van der Waals surface area contributed by atoms with Crippen molar-refractivity contribution >= 4 is 29.0 Å². The highest BCUT2D eigenvalue weighted by molar-refractivity contribution is 6.30. The van der Waals surface area contributed by atoms with Gasteiger partial charge in [0, 0.05) is 17.5 Å². The minimum absolute atomic E-state index is 0.157. The van der Waals surface area contributed by atoms with Gasteiger partial charge in [-0.3, -0.25) is 4.79 Å². The van der Waals surface area contributed by atoms with Gasteiger partial charge in [-0.2, -0.15) is 0 Å². The zero-order valence-electron chi connectivity index (χ0n) is 12.9. The Hall–Kier alpha value is -1.95. The Morgan fingerprint density at radius 1 is 1.26 bits per heavy atom. The van der Waals surface area contributed by atoms with E-state index in [1.807, 2.05) is 4.90 Å². The van der Waals surface area contributed by atoms with E-state index >= 15 is 0 Å². The topological polar surface area (TPSA) is 83.4 Å². The summed E-state index contributed by atoms with van der Waals surface area (Å²) in [4.78, 5) is 14.2. The highest BCUT2D eigenvalue weighted by Gasteiger charge is 2.38. The molecule has 1 saturated heterocycles. The molecule has 1 saturated carbocycles. The van der Waals surface area contributed by atoms with Crippen molar-refractivity contribution in [2.45, 2.75) is 38.1 Å². The molecule has 1 heterocycles. The quantitative estimate of drug-likeness (QED) is 0.396. The molecule has 1 aliphatic carbocycles. The summed E-state index contributed by atoms with van der Waals surface area (Å²) in [6.07, 6.45) is 4.88. The third-order valence-corrected chi connectivity index (χ3v) is 4.42. The van der Waals surface area contributed by atoms with Gasteiger partial charge < -0.3 is 10.6 Å². The first-order chi connectivity index (χ1) is 11.1. The highest BCUT2D eigenvalue weighted by Crippen LogP contribution is 2.33. The molecule has 3 rings (SSSR count). The molecule has 0 bridgehead atoms. The summed E-state index contributed by atoms with van der Waals surface area (Å²) in [6.45, 7) is 0.752. The zero-order chi connectivity index (χ0) is 16.2. The fourth-order valence-corrected chi connectivity index (χ4v) is 2.98. The summed E-state index contributed by atoms with van der Waals surface area (Å²) < 4.78 is 0. The number of likely N-dealkylation sites (tertiary alicyclic amines) is 1. The first kappa shape index (κ1) is 15.9. The Kier molecular flexibility index (Phi) is 4.91. The molecule has 1 aromatic carbocycles. The fourth-order valence-electron chi connectivity index (χ4n) is 2.80. The molecular formula is C16H20ClN5O. The summed E-state index contributed by atoms with van der Waals surface area (Å²) in [6, 6.07) is 6.88. The Labute approximate surface area is 140 Å². The summed E-state index contributed by atoms with van der Waals surface area (Å²) in [5.74, 6) is 0.751. The van der Waals surface area contributed by atoms with E-state index in [9.17, 15) is 4.79 Å². The predicted octanol–water partition coefficient (Wildman–Crippen LogP) is 3.49. The van der Waals surface area contributed by atoms with Crippen LogP contribution in [0.1, 0.15) is 32.1 Å². The number of benzene rings is 1. The minimum atomic E-state index is -0.157. The SMILES string of the molecule is NC(=NN=Nc1cccc(Cl)c1)C1CCCCN1C(=O)C1CC1. The van der Waals surface area contributed by atoms with Crippen molar-refractivity contribution in [3.8, 4) is 0 Å². The molecule has 1 amide bonds. The van der Waals surface area contributed by atoms with Crippen LogP contribution in [0.3, 0.4) is 0 Å². The molecule has 2 fully saturated rings. The lowest BCUT2D eigenvalue weighted by Gasteiger charge is -2.35. The first-order valence-electron chi connectivity index (χ1n) is 7.95. The molecule has 23 heavy (non-hydrogen) atoms. The Bertz CT molecular complexity index is 641. The fraction of sp³-hybridized carbons (Fsp3) is 0.500. The molecular weight excluding hydrogens is 314 g/mol. The van der Waals surface area contributed by atoms with Crippen molar-refractivity contribution in [2.24, 2.45) is 27.1 Å².